The van der Waals surface area contributed by atoms with Crippen LogP contribution in [-0.4, -0.2) is 24.5 Å². The number of carbonyl (C=O) groups is 1. The van der Waals surface area contributed by atoms with E-state index < -0.39 is 0 Å². The molecule has 0 radical (unpaired) electrons. The molecule has 0 bridgehead atoms. The Hall–Kier alpha value is -2.36. The Bertz CT molecular complexity index is 579. The zero-order chi connectivity index (χ0) is 14.4. The van der Waals surface area contributed by atoms with Crippen LogP contribution in [0.5, 0.6) is 0 Å². The molecular formula is C16H19N3O. The number of aromatic nitrogens is 1. The van der Waals surface area contributed by atoms with Crippen molar-refractivity contribution < 1.29 is 4.79 Å². The largest absolute Gasteiger partial charge is 0.387 e. The first kappa shape index (κ1) is 14.1. The van der Waals surface area contributed by atoms with Crippen molar-refractivity contribution in [2.45, 2.75) is 13.3 Å². The van der Waals surface area contributed by atoms with Crippen molar-refractivity contribution >= 4 is 11.6 Å². The Labute approximate surface area is 119 Å². The Morgan fingerprint density at radius 2 is 2.00 bits per heavy atom. The van der Waals surface area contributed by atoms with Crippen LogP contribution in [0.3, 0.4) is 0 Å². The van der Waals surface area contributed by atoms with Gasteiger partial charge in [0.05, 0.1) is 11.9 Å². The van der Waals surface area contributed by atoms with Crippen LogP contribution in [0.4, 0.5) is 5.69 Å². The molecule has 0 spiro atoms. The van der Waals surface area contributed by atoms with E-state index in [1.807, 2.05) is 25.2 Å². The van der Waals surface area contributed by atoms with Crippen molar-refractivity contribution in [2.24, 2.45) is 0 Å². The van der Waals surface area contributed by atoms with Crippen molar-refractivity contribution in [3.8, 4) is 0 Å². The zero-order valence-corrected chi connectivity index (χ0v) is 11.8. The molecule has 0 aliphatic rings. The predicted octanol–water partition coefficient (Wildman–Crippen LogP) is 2.40. The highest BCUT2D eigenvalue weighted by Gasteiger charge is 2.06. The first-order chi connectivity index (χ1) is 9.70. The molecule has 0 unspecified atom stereocenters. The van der Waals surface area contributed by atoms with Gasteiger partial charge in [0.2, 0.25) is 0 Å². The number of carbonyl (C=O) groups excluding carboxylic acids is 1. The molecule has 1 heterocycles. The lowest BCUT2D eigenvalue weighted by Gasteiger charge is -2.07. The molecule has 0 saturated carbocycles. The summed E-state index contributed by atoms with van der Waals surface area (Å²) in [5, 5.41) is 5.86. The summed E-state index contributed by atoms with van der Waals surface area (Å²) in [5.41, 5.74) is 3.83. The zero-order valence-electron chi connectivity index (χ0n) is 11.8. The number of benzene rings is 1. The van der Waals surface area contributed by atoms with Crippen LogP contribution in [0, 0.1) is 6.92 Å². The van der Waals surface area contributed by atoms with E-state index in [1.54, 1.807) is 12.3 Å². The first-order valence-corrected chi connectivity index (χ1v) is 6.67. The summed E-state index contributed by atoms with van der Waals surface area (Å²) in [7, 11) is 1.82. The molecule has 2 rings (SSSR count). The highest BCUT2D eigenvalue weighted by molar-refractivity contribution is 5.92. The van der Waals surface area contributed by atoms with Crippen LogP contribution >= 0.6 is 0 Å². The molecule has 104 valence electrons. The molecule has 1 aromatic carbocycles. The van der Waals surface area contributed by atoms with E-state index >= 15 is 0 Å². The molecule has 0 saturated heterocycles. The summed E-state index contributed by atoms with van der Waals surface area (Å²) in [5.74, 6) is -0.138. The molecule has 0 atom stereocenters. The molecular weight excluding hydrogens is 250 g/mol. The fraction of sp³-hybridized carbons (Fsp3) is 0.250. The quantitative estimate of drug-likeness (QED) is 0.876. The average molecular weight is 269 g/mol. The van der Waals surface area contributed by atoms with Gasteiger partial charge in [0.25, 0.3) is 5.91 Å². The summed E-state index contributed by atoms with van der Waals surface area (Å²) in [6, 6.07) is 11.8. The average Bonchev–Trinajstić information content (AvgIpc) is 2.49. The third kappa shape index (κ3) is 3.57. The number of pyridine rings is 1. The molecule has 1 aromatic heterocycles. The maximum Gasteiger partial charge on any atom is 0.269 e. The van der Waals surface area contributed by atoms with Gasteiger partial charge in [-0.05, 0) is 36.6 Å². The van der Waals surface area contributed by atoms with Gasteiger partial charge in [-0.15, -0.1) is 0 Å². The van der Waals surface area contributed by atoms with Gasteiger partial charge in [-0.2, -0.15) is 0 Å². The van der Waals surface area contributed by atoms with E-state index in [9.17, 15) is 4.79 Å². The van der Waals surface area contributed by atoms with Crippen LogP contribution in [-0.2, 0) is 6.42 Å². The Kier molecular flexibility index (Phi) is 4.71. The van der Waals surface area contributed by atoms with Gasteiger partial charge in [0.15, 0.2) is 0 Å². The van der Waals surface area contributed by atoms with E-state index in [2.05, 4.69) is 34.7 Å². The Morgan fingerprint density at radius 1 is 1.20 bits per heavy atom. The summed E-state index contributed by atoms with van der Waals surface area (Å²) in [6.45, 7) is 2.69. The summed E-state index contributed by atoms with van der Waals surface area (Å²) >= 11 is 0. The number of rotatable bonds is 5. The second-order valence-electron chi connectivity index (χ2n) is 4.61. The van der Waals surface area contributed by atoms with E-state index in [0.717, 1.165) is 12.1 Å². The topological polar surface area (TPSA) is 54.0 Å². The monoisotopic (exact) mass is 269 g/mol. The van der Waals surface area contributed by atoms with Gasteiger partial charge < -0.3 is 10.6 Å². The third-order valence-electron chi connectivity index (χ3n) is 3.23. The van der Waals surface area contributed by atoms with Crippen molar-refractivity contribution in [3.63, 3.8) is 0 Å². The van der Waals surface area contributed by atoms with Gasteiger partial charge >= 0.3 is 0 Å². The predicted molar refractivity (Wildman–Crippen MR) is 81.0 cm³/mol. The maximum absolute atomic E-state index is 11.9. The second-order valence-corrected chi connectivity index (χ2v) is 4.61. The number of anilines is 1. The van der Waals surface area contributed by atoms with E-state index in [-0.39, 0.29) is 5.91 Å². The Morgan fingerprint density at radius 3 is 2.65 bits per heavy atom. The maximum atomic E-state index is 11.9. The van der Waals surface area contributed by atoms with Crippen molar-refractivity contribution in [1.82, 2.24) is 10.3 Å². The van der Waals surface area contributed by atoms with Gasteiger partial charge in [-0.3, -0.25) is 4.79 Å². The van der Waals surface area contributed by atoms with Crippen LogP contribution in [0.15, 0.2) is 42.6 Å². The number of hydrogen-bond acceptors (Lipinski definition) is 3. The molecule has 2 aromatic rings. The minimum Gasteiger partial charge on any atom is -0.387 e. The fourth-order valence-corrected chi connectivity index (χ4v) is 1.97. The minimum atomic E-state index is -0.138. The molecule has 4 heteroatoms. The summed E-state index contributed by atoms with van der Waals surface area (Å²) in [6.07, 6.45) is 2.48. The van der Waals surface area contributed by atoms with Crippen molar-refractivity contribution in [2.75, 3.05) is 18.9 Å². The van der Waals surface area contributed by atoms with Crippen LogP contribution in [0.1, 0.15) is 21.6 Å². The standard InChI is InChI=1S/C16H19N3O/c1-12-5-3-4-6-13(12)9-10-18-16(20)15-8-7-14(17-2)11-19-15/h3-8,11,17H,9-10H2,1-2H3,(H,18,20). The molecule has 0 aliphatic heterocycles. The molecule has 0 fully saturated rings. The molecule has 4 nitrogen and oxygen atoms in total. The molecule has 2 N–H and O–H groups in total. The smallest absolute Gasteiger partial charge is 0.269 e. The third-order valence-corrected chi connectivity index (χ3v) is 3.23. The van der Waals surface area contributed by atoms with Crippen LogP contribution in [0.2, 0.25) is 0 Å². The second kappa shape index (κ2) is 6.70. The highest BCUT2D eigenvalue weighted by Crippen LogP contribution is 2.07. The fourth-order valence-electron chi connectivity index (χ4n) is 1.97. The van der Waals surface area contributed by atoms with E-state index in [0.29, 0.717) is 12.2 Å². The van der Waals surface area contributed by atoms with Gasteiger partial charge in [-0.1, -0.05) is 24.3 Å². The number of amides is 1. The number of hydrogen-bond donors (Lipinski definition) is 2. The lowest BCUT2D eigenvalue weighted by molar-refractivity contribution is 0.0949. The lowest BCUT2D eigenvalue weighted by atomic mass is 10.1. The normalized spacial score (nSPS) is 10.1. The van der Waals surface area contributed by atoms with E-state index in [4.69, 9.17) is 0 Å². The van der Waals surface area contributed by atoms with Gasteiger partial charge in [0.1, 0.15) is 5.69 Å². The van der Waals surface area contributed by atoms with Gasteiger partial charge in [-0.25, -0.2) is 4.98 Å². The first-order valence-electron chi connectivity index (χ1n) is 6.67. The van der Waals surface area contributed by atoms with Crippen LogP contribution < -0.4 is 10.6 Å². The van der Waals surface area contributed by atoms with Gasteiger partial charge in [0, 0.05) is 13.6 Å². The number of nitrogens with zero attached hydrogens (tertiary/aromatic N) is 1. The van der Waals surface area contributed by atoms with Crippen LogP contribution in [0.25, 0.3) is 0 Å². The summed E-state index contributed by atoms with van der Waals surface area (Å²) in [4.78, 5) is 16.0. The minimum absolute atomic E-state index is 0.138. The van der Waals surface area contributed by atoms with Crippen molar-refractivity contribution in [3.05, 3.63) is 59.4 Å². The number of nitrogens with one attached hydrogen (secondary N) is 2. The van der Waals surface area contributed by atoms with Crippen molar-refractivity contribution in [1.29, 1.82) is 0 Å². The molecule has 20 heavy (non-hydrogen) atoms. The lowest BCUT2D eigenvalue weighted by Crippen LogP contribution is -2.26. The Balaban J connectivity index is 1.87. The SMILES string of the molecule is CNc1ccc(C(=O)NCCc2ccccc2C)nc1. The summed E-state index contributed by atoms with van der Waals surface area (Å²) < 4.78 is 0. The number of aryl methyl sites for hydroxylation is 1. The highest BCUT2D eigenvalue weighted by atomic mass is 16.1. The van der Waals surface area contributed by atoms with E-state index in [1.165, 1.54) is 11.1 Å². The molecule has 1 amide bonds. The molecule has 0 aliphatic carbocycles.